The van der Waals surface area contributed by atoms with Gasteiger partial charge in [-0.25, -0.2) is 4.79 Å². The van der Waals surface area contributed by atoms with Crippen LogP contribution in [0.15, 0.2) is 18.2 Å². The minimum Gasteiger partial charge on any atom is -0.480 e. The summed E-state index contributed by atoms with van der Waals surface area (Å²) in [7, 11) is 6.40. The van der Waals surface area contributed by atoms with Crippen molar-refractivity contribution in [3.8, 4) is 0 Å². The van der Waals surface area contributed by atoms with Gasteiger partial charge in [0, 0.05) is 44.3 Å². The highest BCUT2D eigenvalue weighted by atomic mass is 35.5. The average Bonchev–Trinajstić information content (AvgIpc) is 3.60. The molecule has 4 amide bonds. The largest absolute Gasteiger partial charge is 0.480 e. The zero-order valence-electron chi connectivity index (χ0n) is 33.8. The molecule has 0 bridgehead atoms. The number of ether oxygens (including phenoxy) is 2. The van der Waals surface area contributed by atoms with Crippen LogP contribution in [0.2, 0.25) is 10.0 Å². The molecule has 1 aromatic rings. The molecule has 15 heteroatoms. The average molecular weight is 801 g/mol. The van der Waals surface area contributed by atoms with Crippen LogP contribution in [0.5, 0.6) is 0 Å². The van der Waals surface area contributed by atoms with Crippen LogP contribution in [0.25, 0.3) is 0 Å². The van der Waals surface area contributed by atoms with Crippen molar-refractivity contribution in [2.75, 3.05) is 34.9 Å². The highest BCUT2D eigenvalue weighted by Crippen LogP contribution is 2.30. The van der Waals surface area contributed by atoms with Crippen molar-refractivity contribution in [3.05, 3.63) is 33.8 Å². The van der Waals surface area contributed by atoms with Crippen molar-refractivity contribution >= 4 is 52.8 Å². The van der Waals surface area contributed by atoms with E-state index in [1.807, 2.05) is 41.5 Å². The topological polar surface area (TPSA) is 167 Å². The number of rotatable bonds is 21. The Kier molecular flexibility index (Phi) is 19.2. The molecule has 0 saturated carbocycles. The van der Waals surface area contributed by atoms with Crippen LogP contribution >= 0.6 is 23.2 Å². The lowest BCUT2D eigenvalue weighted by atomic mass is 9.89. The number of amides is 4. The summed E-state index contributed by atoms with van der Waals surface area (Å²) in [4.78, 5) is 70.5. The predicted octanol–water partition coefficient (Wildman–Crippen LogP) is 4.41. The number of benzene rings is 1. The molecule has 0 spiro atoms. The van der Waals surface area contributed by atoms with Crippen molar-refractivity contribution in [3.63, 3.8) is 0 Å². The molecule has 4 unspecified atom stereocenters. The number of aliphatic carboxylic acids is 1. The van der Waals surface area contributed by atoms with E-state index in [1.54, 1.807) is 43.0 Å². The number of carboxylic acids is 1. The Morgan fingerprint density at radius 3 is 2.09 bits per heavy atom. The zero-order chi connectivity index (χ0) is 41.0. The van der Waals surface area contributed by atoms with E-state index in [1.165, 1.54) is 20.3 Å². The van der Waals surface area contributed by atoms with Crippen LogP contribution in [0, 0.1) is 23.7 Å². The first kappa shape index (κ1) is 47.2. The number of hydrogen-bond donors (Lipinski definition) is 4. The molecule has 54 heavy (non-hydrogen) atoms. The number of nitrogens with one attached hydrogen (secondary N) is 3. The molecule has 306 valence electrons. The molecular weight excluding hydrogens is 737 g/mol. The SMILES string of the molecule is CC[C@H](C)[C@@H]([C@@H](CC(=O)N1CCCC1[C@H](OC)[C@@H](C)C(=O)NC(Cc1ccc(Cl)cc1Cl)C(=O)O)OC)N(C)C(=O)C(NC(=O)C(NC)C(C)C)C(C)C. The van der Waals surface area contributed by atoms with Crippen LogP contribution in [-0.2, 0) is 39.9 Å². The van der Waals surface area contributed by atoms with Crippen molar-refractivity contribution in [2.24, 2.45) is 23.7 Å². The number of methoxy groups -OCH3 is 2. The quantitative estimate of drug-likeness (QED) is 0.141. The number of hydrogen-bond acceptors (Lipinski definition) is 8. The highest BCUT2D eigenvalue weighted by molar-refractivity contribution is 6.35. The Labute approximate surface area is 331 Å². The molecule has 1 aliphatic heterocycles. The summed E-state index contributed by atoms with van der Waals surface area (Å²) in [5.41, 5.74) is 0.519. The van der Waals surface area contributed by atoms with E-state index in [0.717, 1.165) is 0 Å². The second-order valence-corrected chi connectivity index (χ2v) is 16.0. The van der Waals surface area contributed by atoms with E-state index >= 15 is 0 Å². The fraction of sp³-hybridized carbons (Fsp3) is 0.718. The Balaban J connectivity index is 2.28. The van der Waals surface area contributed by atoms with Crippen LogP contribution in [0.1, 0.15) is 79.7 Å². The number of carbonyl (C=O) groups is 5. The summed E-state index contributed by atoms with van der Waals surface area (Å²) >= 11 is 12.3. The van der Waals surface area contributed by atoms with E-state index in [9.17, 15) is 29.1 Å². The summed E-state index contributed by atoms with van der Waals surface area (Å²) in [5.74, 6) is -3.56. The van der Waals surface area contributed by atoms with E-state index < -0.39 is 60.2 Å². The summed E-state index contributed by atoms with van der Waals surface area (Å²) < 4.78 is 11.8. The summed E-state index contributed by atoms with van der Waals surface area (Å²) in [5, 5.41) is 19.3. The van der Waals surface area contributed by atoms with E-state index in [-0.39, 0.29) is 48.3 Å². The first-order valence-corrected chi connectivity index (χ1v) is 19.7. The Morgan fingerprint density at radius 1 is 0.963 bits per heavy atom. The van der Waals surface area contributed by atoms with Crippen molar-refractivity contribution in [1.29, 1.82) is 0 Å². The molecule has 9 atom stereocenters. The number of nitrogens with zero attached hydrogens (tertiary/aromatic N) is 2. The number of halogens is 2. The molecule has 1 fully saturated rings. The van der Waals surface area contributed by atoms with Gasteiger partial charge in [-0.05, 0) is 55.3 Å². The monoisotopic (exact) mass is 799 g/mol. The van der Waals surface area contributed by atoms with Crippen molar-refractivity contribution < 1.29 is 38.6 Å². The van der Waals surface area contributed by atoms with Gasteiger partial charge in [0.15, 0.2) is 0 Å². The van der Waals surface area contributed by atoms with Gasteiger partial charge in [-0.2, -0.15) is 0 Å². The second-order valence-electron chi connectivity index (χ2n) is 15.2. The van der Waals surface area contributed by atoms with Crippen LogP contribution in [0.3, 0.4) is 0 Å². The minimum atomic E-state index is -1.26. The lowest BCUT2D eigenvalue weighted by Crippen LogP contribution is -2.59. The molecule has 2 rings (SSSR count). The molecule has 0 aliphatic carbocycles. The van der Waals surface area contributed by atoms with Gasteiger partial charge in [0.25, 0.3) is 0 Å². The highest BCUT2D eigenvalue weighted by Gasteiger charge is 2.43. The zero-order valence-corrected chi connectivity index (χ0v) is 35.3. The lowest BCUT2D eigenvalue weighted by molar-refractivity contribution is -0.148. The molecule has 1 heterocycles. The fourth-order valence-electron chi connectivity index (χ4n) is 7.46. The summed E-state index contributed by atoms with van der Waals surface area (Å²) in [6.07, 6.45) is 0.468. The van der Waals surface area contributed by atoms with Crippen LogP contribution < -0.4 is 16.0 Å². The van der Waals surface area contributed by atoms with Crippen molar-refractivity contribution in [1.82, 2.24) is 25.8 Å². The first-order valence-electron chi connectivity index (χ1n) is 18.9. The Bertz CT molecular complexity index is 1430. The van der Waals surface area contributed by atoms with E-state index in [4.69, 9.17) is 32.7 Å². The number of likely N-dealkylation sites (tertiary alicyclic amines) is 1. The molecule has 1 saturated heterocycles. The van der Waals surface area contributed by atoms with Gasteiger partial charge < -0.3 is 40.3 Å². The maximum atomic E-state index is 14.2. The maximum absolute atomic E-state index is 14.2. The molecule has 0 radical (unpaired) electrons. The number of likely N-dealkylation sites (N-methyl/N-ethyl adjacent to an activating group) is 2. The van der Waals surface area contributed by atoms with Gasteiger partial charge in [0.2, 0.25) is 23.6 Å². The fourth-order valence-corrected chi connectivity index (χ4v) is 7.95. The Morgan fingerprint density at radius 2 is 1.59 bits per heavy atom. The molecule has 1 aliphatic rings. The van der Waals surface area contributed by atoms with E-state index in [2.05, 4.69) is 16.0 Å². The smallest absolute Gasteiger partial charge is 0.326 e. The molecule has 1 aromatic carbocycles. The van der Waals surface area contributed by atoms with Gasteiger partial charge in [0.1, 0.15) is 12.1 Å². The van der Waals surface area contributed by atoms with Gasteiger partial charge in [0.05, 0.1) is 42.7 Å². The standard InChI is InChI=1S/C39H63Cl2N5O8/c1-12-23(6)34(45(9)38(50)33(22(4)5)44-37(49)32(42-8)21(2)3)30(53-10)20-31(47)46-17-13-14-29(46)35(54-11)24(7)36(48)43-28(39(51)52)18-25-15-16-26(40)19-27(25)41/h15-16,19,21-24,28-30,32-35,42H,12-14,17-18,20H2,1-11H3,(H,43,48)(H,44,49)(H,51,52)/t23-,24+,28?,29?,30+,32?,33?,34-,35+/m0/s1. The van der Waals surface area contributed by atoms with Gasteiger partial charge in [-0.3, -0.25) is 19.2 Å². The van der Waals surface area contributed by atoms with Gasteiger partial charge in [-0.1, -0.05) is 84.2 Å². The van der Waals surface area contributed by atoms with E-state index in [0.29, 0.717) is 41.4 Å². The molecule has 0 aromatic heterocycles. The maximum Gasteiger partial charge on any atom is 0.326 e. The van der Waals surface area contributed by atoms with Gasteiger partial charge in [-0.15, -0.1) is 0 Å². The normalized spacial score (nSPS) is 19.0. The summed E-state index contributed by atoms with van der Waals surface area (Å²) in [6.45, 7) is 13.7. The predicted molar refractivity (Wildman–Crippen MR) is 210 cm³/mol. The van der Waals surface area contributed by atoms with Gasteiger partial charge >= 0.3 is 5.97 Å². The molecule has 4 N–H and O–H groups in total. The third-order valence-corrected chi connectivity index (χ3v) is 11.4. The lowest BCUT2D eigenvalue weighted by Gasteiger charge is -2.41. The molecule has 13 nitrogen and oxygen atoms in total. The first-order chi connectivity index (χ1) is 25.3. The summed E-state index contributed by atoms with van der Waals surface area (Å²) in [6, 6.07) is 1.26. The molecular formula is C39H63Cl2N5O8. The van der Waals surface area contributed by atoms with Crippen LogP contribution in [0.4, 0.5) is 0 Å². The third kappa shape index (κ3) is 12.3. The Hall–Kier alpha value is -2.97. The number of carbonyl (C=O) groups excluding carboxylic acids is 4. The second kappa shape index (κ2) is 21.9. The third-order valence-electron chi connectivity index (χ3n) is 10.8. The number of carboxylic acid groups (broad SMARTS) is 1. The minimum absolute atomic E-state index is 0.0123. The van der Waals surface area contributed by atoms with Crippen molar-refractivity contribution in [2.45, 2.75) is 123 Å². The van der Waals surface area contributed by atoms with Crippen LogP contribution in [-0.4, -0.2) is 122 Å².